The van der Waals surface area contributed by atoms with Crippen molar-refractivity contribution in [3.8, 4) is 17.3 Å². The summed E-state index contributed by atoms with van der Waals surface area (Å²) in [7, 11) is 3.00. The van der Waals surface area contributed by atoms with E-state index in [1.165, 1.54) is 7.05 Å². The number of nitrogens with zero attached hydrogens (tertiary/aromatic N) is 2. The van der Waals surface area contributed by atoms with Crippen molar-refractivity contribution in [3.05, 3.63) is 86.2 Å². The molecule has 1 unspecified atom stereocenters. The topological polar surface area (TPSA) is 101 Å². The highest BCUT2D eigenvalue weighted by Crippen LogP contribution is 2.34. The number of rotatable bonds is 3. The van der Waals surface area contributed by atoms with E-state index in [-0.39, 0.29) is 11.4 Å². The Bertz CT molecular complexity index is 1410. The fourth-order valence-electron chi connectivity index (χ4n) is 4.36. The van der Waals surface area contributed by atoms with Gasteiger partial charge in [0.25, 0.3) is 5.56 Å². The van der Waals surface area contributed by atoms with Gasteiger partial charge in [-0.3, -0.25) is 9.36 Å². The number of nitrogens with one attached hydrogen (secondary N) is 2. The monoisotopic (exact) mass is 418 g/mol. The van der Waals surface area contributed by atoms with E-state index in [2.05, 4.69) is 10.3 Å². The lowest BCUT2D eigenvalue weighted by Crippen LogP contribution is -2.43. The molecule has 0 amide bonds. The maximum atomic E-state index is 13.5. The van der Waals surface area contributed by atoms with E-state index in [1.54, 1.807) is 31.4 Å². The fourth-order valence-corrected chi connectivity index (χ4v) is 4.36. The first-order valence-corrected chi connectivity index (χ1v) is 10.0. The minimum atomic E-state index is -0.621. The summed E-state index contributed by atoms with van der Waals surface area (Å²) in [6.45, 7) is 0.643. The Morgan fingerprint density at radius 1 is 1.10 bits per heavy atom. The summed E-state index contributed by atoms with van der Waals surface area (Å²) >= 11 is 0. The molecule has 31 heavy (non-hydrogen) atoms. The van der Waals surface area contributed by atoms with Gasteiger partial charge in [0.1, 0.15) is 11.3 Å². The number of para-hydroxylation sites is 1. The van der Waals surface area contributed by atoms with Gasteiger partial charge in [0.2, 0.25) is 5.88 Å². The lowest BCUT2D eigenvalue weighted by atomic mass is 9.95. The first-order valence-electron chi connectivity index (χ1n) is 10.0. The van der Waals surface area contributed by atoms with Crippen LogP contribution in [0, 0.1) is 0 Å². The van der Waals surface area contributed by atoms with E-state index in [9.17, 15) is 14.7 Å². The number of aromatic amines is 1. The molecular weight excluding hydrogens is 396 g/mol. The van der Waals surface area contributed by atoms with Crippen molar-refractivity contribution < 1.29 is 9.84 Å². The summed E-state index contributed by atoms with van der Waals surface area (Å²) in [5, 5.41) is 15.3. The Morgan fingerprint density at radius 3 is 2.58 bits per heavy atom. The summed E-state index contributed by atoms with van der Waals surface area (Å²) in [4.78, 5) is 29.8. The number of hydrogen-bond donors (Lipinski definition) is 3. The zero-order chi connectivity index (χ0) is 21.7. The van der Waals surface area contributed by atoms with Gasteiger partial charge >= 0.3 is 5.69 Å². The van der Waals surface area contributed by atoms with Crippen molar-refractivity contribution in [1.29, 1.82) is 0 Å². The molecule has 3 N–H and O–H groups in total. The quantitative estimate of drug-likeness (QED) is 0.472. The van der Waals surface area contributed by atoms with Crippen LogP contribution in [-0.4, -0.2) is 32.9 Å². The third kappa shape index (κ3) is 2.87. The molecule has 0 radical (unpaired) electrons. The molecular formula is C23H22N4O4. The van der Waals surface area contributed by atoms with Crippen molar-refractivity contribution in [2.45, 2.75) is 12.5 Å². The van der Waals surface area contributed by atoms with Gasteiger partial charge in [-0.1, -0.05) is 18.2 Å². The third-order valence-electron chi connectivity index (χ3n) is 5.95. The van der Waals surface area contributed by atoms with Crippen LogP contribution in [0.1, 0.15) is 22.9 Å². The van der Waals surface area contributed by atoms with E-state index < -0.39 is 17.3 Å². The van der Waals surface area contributed by atoms with Crippen LogP contribution < -0.4 is 21.3 Å². The minimum Gasteiger partial charge on any atom is -0.497 e. The lowest BCUT2D eigenvalue weighted by molar-refractivity contribution is 0.394. The Hall–Kier alpha value is -3.78. The van der Waals surface area contributed by atoms with Crippen molar-refractivity contribution in [1.82, 2.24) is 19.4 Å². The molecule has 3 heterocycles. The number of aromatic nitrogens is 3. The normalized spacial score (nSPS) is 15.7. The number of H-pyrrole nitrogens is 1. The van der Waals surface area contributed by atoms with Gasteiger partial charge in [-0.2, -0.15) is 0 Å². The third-order valence-corrected chi connectivity index (χ3v) is 5.95. The molecule has 0 spiro atoms. The predicted octanol–water partition coefficient (Wildman–Crippen LogP) is 1.97. The van der Waals surface area contributed by atoms with Crippen LogP contribution in [-0.2, 0) is 13.5 Å². The van der Waals surface area contributed by atoms with Crippen molar-refractivity contribution in [2.75, 3.05) is 13.7 Å². The Morgan fingerprint density at radius 2 is 1.84 bits per heavy atom. The molecule has 0 aliphatic carbocycles. The standard InChI is InChI=1S/C23H22N4O4/c1-26-21(28)18(22(29)27(23(26)30)13-7-9-14(31-2)10-8-13)20-19-16(11-12-24-20)15-5-3-4-6-17(15)25-19/h3-10,20,24-25,28H,11-12H2,1-2H3. The predicted molar refractivity (Wildman–Crippen MR) is 117 cm³/mol. The van der Waals surface area contributed by atoms with Crippen LogP contribution in [0.2, 0.25) is 0 Å². The van der Waals surface area contributed by atoms with E-state index in [4.69, 9.17) is 4.74 Å². The number of benzene rings is 2. The highest BCUT2D eigenvalue weighted by Gasteiger charge is 2.32. The van der Waals surface area contributed by atoms with Gasteiger partial charge < -0.3 is 20.1 Å². The van der Waals surface area contributed by atoms with Gasteiger partial charge in [-0.15, -0.1) is 0 Å². The van der Waals surface area contributed by atoms with Gasteiger partial charge in [-0.25, -0.2) is 9.36 Å². The largest absolute Gasteiger partial charge is 0.497 e. The Balaban J connectivity index is 1.75. The number of aromatic hydroxyl groups is 1. The highest BCUT2D eigenvalue weighted by atomic mass is 16.5. The van der Waals surface area contributed by atoms with Crippen LogP contribution in [0.25, 0.3) is 16.6 Å². The SMILES string of the molecule is COc1ccc(-n2c(=O)c(C3NCCc4c3[nH]c3ccccc43)c(O)n(C)c2=O)cc1. The zero-order valence-corrected chi connectivity index (χ0v) is 17.2. The lowest BCUT2D eigenvalue weighted by Gasteiger charge is -2.26. The summed E-state index contributed by atoms with van der Waals surface area (Å²) in [6, 6.07) is 14.0. The van der Waals surface area contributed by atoms with Crippen LogP contribution in [0.3, 0.4) is 0 Å². The van der Waals surface area contributed by atoms with Crippen LogP contribution >= 0.6 is 0 Å². The molecule has 158 valence electrons. The highest BCUT2D eigenvalue weighted by molar-refractivity contribution is 5.85. The molecule has 1 aliphatic heterocycles. The second-order valence-corrected chi connectivity index (χ2v) is 7.62. The van der Waals surface area contributed by atoms with Crippen molar-refractivity contribution >= 4 is 10.9 Å². The van der Waals surface area contributed by atoms with E-state index in [0.717, 1.165) is 37.7 Å². The number of ether oxygens (including phenoxy) is 1. The fraction of sp³-hybridized carbons (Fsp3) is 0.217. The molecule has 8 nitrogen and oxygen atoms in total. The molecule has 8 heteroatoms. The molecule has 2 aromatic carbocycles. The smallest absolute Gasteiger partial charge is 0.338 e. The first kappa shape index (κ1) is 19.2. The average Bonchev–Trinajstić information content (AvgIpc) is 3.18. The molecule has 2 aromatic heterocycles. The van der Waals surface area contributed by atoms with Gasteiger partial charge in [0, 0.05) is 30.2 Å². The van der Waals surface area contributed by atoms with Gasteiger partial charge in [0.15, 0.2) is 0 Å². The Labute approximate surface area is 177 Å². The van der Waals surface area contributed by atoms with Gasteiger partial charge in [0.05, 0.1) is 18.8 Å². The van der Waals surface area contributed by atoms with Crippen LogP contribution in [0.4, 0.5) is 0 Å². The molecule has 0 bridgehead atoms. The molecule has 5 rings (SSSR count). The molecule has 0 saturated carbocycles. The second-order valence-electron chi connectivity index (χ2n) is 7.62. The summed E-state index contributed by atoms with van der Waals surface area (Å²) in [5.41, 5.74) is 2.27. The summed E-state index contributed by atoms with van der Waals surface area (Å²) in [5.74, 6) is 0.271. The summed E-state index contributed by atoms with van der Waals surface area (Å²) < 4.78 is 7.34. The number of hydrogen-bond acceptors (Lipinski definition) is 5. The second kappa shape index (κ2) is 7.17. The molecule has 4 aromatic rings. The average molecular weight is 418 g/mol. The molecule has 0 saturated heterocycles. The molecule has 1 aliphatic rings. The van der Waals surface area contributed by atoms with Crippen LogP contribution in [0.15, 0.2) is 58.1 Å². The van der Waals surface area contributed by atoms with Crippen molar-refractivity contribution in [2.24, 2.45) is 7.05 Å². The molecule has 0 fully saturated rings. The van der Waals surface area contributed by atoms with Crippen LogP contribution in [0.5, 0.6) is 11.6 Å². The maximum Gasteiger partial charge on any atom is 0.338 e. The maximum absolute atomic E-state index is 13.5. The van der Waals surface area contributed by atoms with Gasteiger partial charge in [-0.05, 0) is 42.3 Å². The number of methoxy groups -OCH3 is 1. The number of fused-ring (bicyclic) bond motifs is 3. The zero-order valence-electron chi connectivity index (χ0n) is 17.2. The van der Waals surface area contributed by atoms with E-state index in [1.807, 2.05) is 24.3 Å². The minimum absolute atomic E-state index is 0.130. The first-order chi connectivity index (χ1) is 15.0. The Kier molecular flexibility index (Phi) is 4.44. The molecule has 1 atom stereocenters. The van der Waals surface area contributed by atoms with E-state index in [0.29, 0.717) is 18.0 Å². The van der Waals surface area contributed by atoms with E-state index >= 15 is 0 Å². The summed E-state index contributed by atoms with van der Waals surface area (Å²) in [6.07, 6.45) is 0.801. The van der Waals surface area contributed by atoms with Crippen molar-refractivity contribution in [3.63, 3.8) is 0 Å².